The van der Waals surface area contributed by atoms with Gasteiger partial charge in [0.2, 0.25) is 0 Å². The molecular weight excluding hydrogens is 1180 g/mol. The smallest absolute Gasteiger partial charge is 0.176 e. The number of ether oxygens (including phenoxy) is 2. The summed E-state index contributed by atoms with van der Waals surface area (Å²) in [6, 6.07) is 58.8. The lowest BCUT2D eigenvalue weighted by atomic mass is 9.74. The van der Waals surface area contributed by atoms with Gasteiger partial charge in [0.1, 0.15) is 34.4 Å². The van der Waals surface area contributed by atoms with Crippen molar-refractivity contribution in [2.24, 2.45) is 5.92 Å². The molecule has 2 aliphatic carbocycles. The van der Waals surface area contributed by atoms with E-state index >= 15 is 0 Å². The molecule has 2 unspecified atom stereocenters. The van der Waals surface area contributed by atoms with Crippen molar-refractivity contribution in [3.8, 4) is 62.1 Å². The van der Waals surface area contributed by atoms with E-state index in [1.165, 1.54) is 22.3 Å². The lowest BCUT2D eigenvalue weighted by Crippen LogP contribution is -2.22. The molecule has 4 N–H and O–H groups in total. The first kappa shape index (κ1) is 61.5. The third-order valence-corrected chi connectivity index (χ3v) is 19.5. The number of allylic oxidation sites excluding steroid dienone is 8. The minimum absolute atomic E-state index is 0.147. The number of aromatic nitrogens is 4. The summed E-state index contributed by atoms with van der Waals surface area (Å²) >= 11 is 0. The van der Waals surface area contributed by atoms with Crippen molar-refractivity contribution in [2.75, 3.05) is 0 Å². The van der Waals surface area contributed by atoms with Gasteiger partial charge >= 0.3 is 0 Å². The summed E-state index contributed by atoms with van der Waals surface area (Å²) in [5.74, 6) is 2.00. The number of nitrogens with zero attached hydrogens (tertiary/aromatic N) is 2. The average molecular weight is 1260 g/mol. The van der Waals surface area contributed by atoms with E-state index in [2.05, 4.69) is 257 Å². The van der Waals surface area contributed by atoms with E-state index in [0.717, 1.165) is 93.7 Å². The molecule has 8 aromatic carbocycles. The van der Waals surface area contributed by atoms with Gasteiger partial charge in [-0.25, -0.2) is 9.97 Å². The van der Waals surface area contributed by atoms with Gasteiger partial charge in [-0.1, -0.05) is 241 Å². The highest BCUT2D eigenvalue weighted by atomic mass is 16.5. The van der Waals surface area contributed by atoms with E-state index < -0.39 is 5.92 Å². The van der Waals surface area contributed by atoms with Crippen LogP contribution in [0, 0.1) is 5.92 Å². The van der Waals surface area contributed by atoms with Crippen LogP contribution in [0.2, 0.25) is 0 Å². The Morgan fingerprint density at radius 2 is 0.823 bits per heavy atom. The van der Waals surface area contributed by atoms with E-state index in [1.54, 1.807) is 6.07 Å². The number of fused-ring (bicyclic) bond motifs is 12. The number of aromatic amines is 2. The third kappa shape index (κ3) is 11.1. The summed E-state index contributed by atoms with van der Waals surface area (Å²) in [4.78, 5) is 19.5. The Balaban J connectivity index is 1.07. The Kier molecular flexibility index (Phi) is 14.8. The fraction of sp³-hybridized carbons (Fsp3) is 0.205. The van der Waals surface area contributed by atoms with Gasteiger partial charge in [-0.15, -0.1) is 0 Å². The largest absolute Gasteiger partial charge is 0.508 e. The molecule has 2 aliphatic heterocycles. The molecule has 0 fully saturated rings. The standard InChI is InChI=1S/C88H80N4O4/c1-85(2,3)57-45-55(46-58(49-57)86(4,5)6)77-65-33-37-69(89-65)83(95-75-43-31-53-23-15-19-27-63(53)81(75)79-61-25-17-13-21-51(61)29-41-73(79)93)71-39-35-67(91-71)78(56-47-59(87(7,8)9)50-60(48-56)88(10,11)12)68-36-40-72(92-68)84(70-38-34-66(77)90-70)96-76-44-32-54-24-16-20-28-64(54)82(76)80-62-26-18-14-22-52(62)30-42-74(80)94/h13-50,63,81,89,92-94H,1-12H3. The summed E-state index contributed by atoms with van der Waals surface area (Å²) in [6.07, 6.45) is 21.1. The van der Waals surface area contributed by atoms with E-state index in [-0.39, 0.29) is 39.1 Å². The molecule has 15 rings (SSSR count). The van der Waals surface area contributed by atoms with E-state index in [9.17, 15) is 10.2 Å². The molecule has 5 heterocycles. The van der Waals surface area contributed by atoms with Crippen molar-refractivity contribution in [3.63, 3.8) is 0 Å². The van der Waals surface area contributed by atoms with E-state index in [1.807, 2.05) is 60.7 Å². The quantitative estimate of drug-likeness (QED) is 0.120. The van der Waals surface area contributed by atoms with Crippen LogP contribution in [-0.4, -0.2) is 30.1 Å². The predicted molar refractivity (Wildman–Crippen MR) is 400 cm³/mol. The van der Waals surface area contributed by atoms with Crippen LogP contribution in [0.15, 0.2) is 218 Å². The normalized spacial score (nSPS) is 15.5. The molecule has 8 bridgehead atoms. The zero-order valence-electron chi connectivity index (χ0n) is 56.7. The monoisotopic (exact) mass is 1260 g/mol. The van der Waals surface area contributed by atoms with Gasteiger partial charge < -0.3 is 29.7 Å². The third-order valence-electron chi connectivity index (χ3n) is 19.5. The van der Waals surface area contributed by atoms with Crippen molar-refractivity contribution < 1.29 is 19.7 Å². The molecule has 8 nitrogen and oxygen atoms in total. The molecule has 11 aromatic rings. The summed E-state index contributed by atoms with van der Waals surface area (Å²) in [7, 11) is 0. The van der Waals surface area contributed by atoms with Gasteiger partial charge in [-0.05, 0) is 166 Å². The van der Waals surface area contributed by atoms with Crippen LogP contribution in [0.25, 0.3) is 112 Å². The molecule has 4 aliphatic rings. The molecule has 0 radical (unpaired) electrons. The van der Waals surface area contributed by atoms with Crippen LogP contribution in [0.3, 0.4) is 0 Å². The molecule has 2 atom stereocenters. The van der Waals surface area contributed by atoms with Crippen molar-refractivity contribution in [2.45, 2.75) is 111 Å². The SMILES string of the molecule is CC(C)(C)c1cc(-c2c3nc(c(Oc4ccc5ccccc5c4-c4c(O)ccc5ccccc45)c4ccc([nH]4)c(-c4cc(C(C)(C)C)cc(C(C)(C)C)c4)c4nc(c(OC5=CC=C6C=CC=CC6C5c5c(O)ccc6ccccc56)c5ccc2[nH]5)C=C4)C=C3)cc(C(C)(C)C)c1. The Morgan fingerprint density at radius 3 is 1.34 bits per heavy atom. The topological polar surface area (TPSA) is 116 Å². The fourth-order valence-corrected chi connectivity index (χ4v) is 14.1. The molecule has 0 saturated carbocycles. The number of hydrogen-bond donors (Lipinski definition) is 4. The van der Waals surface area contributed by atoms with E-state index in [4.69, 9.17) is 19.4 Å². The van der Waals surface area contributed by atoms with Crippen LogP contribution in [0.1, 0.15) is 140 Å². The molecule has 476 valence electrons. The van der Waals surface area contributed by atoms with Crippen molar-refractivity contribution >= 4 is 78.7 Å². The van der Waals surface area contributed by atoms with Crippen molar-refractivity contribution in [3.05, 3.63) is 268 Å². The first-order valence-electron chi connectivity index (χ1n) is 33.5. The minimum atomic E-state index is -0.425. The first-order chi connectivity index (χ1) is 45.9. The molecule has 8 heteroatoms. The predicted octanol–water partition coefficient (Wildman–Crippen LogP) is 23.2. The molecule has 0 spiro atoms. The maximum atomic E-state index is 12.2. The number of hydrogen-bond acceptors (Lipinski definition) is 6. The number of phenols is 2. The lowest BCUT2D eigenvalue weighted by Gasteiger charge is -2.33. The van der Waals surface area contributed by atoms with E-state index in [0.29, 0.717) is 51.0 Å². The Morgan fingerprint density at radius 1 is 0.385 bits per heavy atom. The summed E-state index contributed by atoms with van der Waals surface area (Å²) < 4.78 is 15.4. The lowest BCUT2D eigenvalue weighted by molar-refractivity contribution is 0.356. The second-order valence-corrected chi connectivity index (χ2v) is 30.3. The first-order valence-corrected chi connectivity index (χ1v) is 33.5. The molecular formula is C88H80N4O4. The summed E-state index contributed by atoms with van der Waals surface area (Å²) in [6.45, 7) is 27.2. The fourth-order valence-electron chi connectivity index (χ4n) is 14.1. The molecule has 0 amide bonds. The van der Waals surface area contributed by atoms with Gasteiger partial charge in [0.05, 0.1) is 28.3 Å². The number of rotatable bonds is 8. The van der Waals surface area contributed by atoms with Crippen LogP contribution < -0.4 is 9.47 Å². The number of H-pyrrole nitrogens is 2. The summed E-state index contributed by atoms with van der Waals surface area (Å²) in [5, 5.41) is 30.2. The summed E-state index contributed by atoms with van der Waals surface area (Å²) in [5.41, 5.74) is 16.8. The Bertz CT molecular complexity index is 5300. The van der Waals surface area contributed by atoms with Gasteiger partial charge in [-0.3, -0.25) is 0 Å². The van der Waals surface area contributed by atoms with Crippen LogP contribution >= 0.6 is 0 Å². The van der Waals surface area contributed by atoms with Crippen LogP contribution in [-0.2, 0) is 21.7 Å². The highest BCUT2D eigenvalue weighted by Crippen LogP contribution is 2.51. The average Bonchev–Trinajstić information content (AvgIpc) is 0.953. The van der Waals surface area contributed by atoms with Crippen LogP contribution in [0.4, 0.5) is 0 Å². The number of aromatic hydroxyl groups is 2. The van der Waals surface area contributed by atoms with Gasteiger partial charge in [-0.2, -0.15) is 0 Å². The van der Waals surface area contributed by atoms with Gasteiger partial charge in [0.15, 0.2) is 11.5 Å². The highest BCUT2D eigenvalue weighted by molar-refractivity contribution is 6.10. The molecule has 0 saturated heterocycles. The number of phenolic OH excluding ortho intramolecular Hbond substituents is 2. The van der Waals surface area contributed by atoms with Gasteiger partial charge in [0, 0.05) is 44.8 Å². The maximum absolute atomic E-state index is 12.2. The molecule has 3 aromatic heterocycles. The van der Waals surface area contributed by atoms with Crippen LogP contribution in [0.5, 0.6) is 28.7 Å². The van der Waals surface area contributed by atoms with Crippen molar-refractivity contribution in [1.29, 1.82) is 0 Å². The second-order valence-electron chi connectivity index (χ2n) is 30.3. The maximum Gasteiger partial charge on any atom is 0.176 e. The number of benzene rings is 8. The zero-order valence-corrected chi connectivity index (χ0v) is 56.7. The molecule has 96 heavy (non-hydrogen) atoms. The van der Waals surface area contributed by atoms with Gasteiger partial charge in [0.25, 0.3) is 0 Å². The van der Waals surface area contributed by atoms with Crippen molar-refractivity contribution in [1.82, 2.24) is 19.9 Å². The Labute approximate surface area is 562 Å². The zero-order chi connectivity index (χ0) is 66.7. The highest BCUT2D eigenvalue weighted by Gasteiger charge is 2.36. The minimum Gasteiger partial charge on any atom is -0.508 e. The Hall–Kier alpha value is -10.7. The second kappa shape index (κ2) is 23.1. The number of nitrogens with one attached hydrogen (secondary N) is 2.